The number of hydrogen-bond donors (Lipinski definition) is 0. The third-order valence-electron chi connectivity index (χ3n) is 4.68. The third kappa shape index (κ3) is 3.21. The summed E-state index contributed by atoms with van der Waals surface area (Å²) >= 11 is 0. The summed E-state index contributed by atoms with van der Waals surface area (Å²) < 4.78 is 45.7. The number of rotatable bonds is 2. The molecule has 1 heterocycles. The lowest BCUT2D eigenvalue weighted by atomic mass is 9.83. The molecule has 0 saturated heterocycles. The van der Waals surface area contributed by atoms with Crippen LogP contribution in [-0.4, -0.2) is 19.3 Å². The van der Waals surface area contributed by atoms with Gasteiger partial charge in [0.25, 0.3) is 0 Å². The Kier molecular flexibility index (Phi) is 4.45. The van der Waals surface area contributed by atoms with Crippen LogP contribution in [0.15, 0.2) is 48.5 Å². The molecule has 3 rings (SSSR count). The van der Waals surface area contributed by atoms with E-state index in [-0.39, 0.29) is 16.5 Å². The Balaban J connectivity index is 2.08. The van der Waals surface area contributed by atoms with Gasteiger partial charge in [0.2, 0.25) is 5.91 Å². The minimum Gasteiger partial charge on any atom is -0.497 e. The predicted octanol–water partition coefficient (Wildman–Crippen LogP) is 4.52. The molecule has 0 bridgehead atoms. The summed E-state index contributed by atoms with van der Waals surface area (Å²) in [6, 6.07) is 13.3. The molecule has 0 saturated carbocycles. The normalized spacial score (nSPS) is 20.8. The highest BCUT2D eigenvalue weighted by atomic mass is 19.4. The zero-order valence-corrected chi connectivity index (χ0v) is 13.9. The number of alkyl halides is 3. The zero-order valence-electron chi connectivity index (χ0n) is 13.9. The van der Waals surface area contributed by atoms with Crippen molar-refractivity contribution in [3.8, 4) is 5.75 Å². The standard InChI is InChI=1S/C19H18F3NO2/c1-12-16(13-7-9-15(25-2)10-8-13)11-14-5-3-4-6-17(14)23(18(12)24)19(20,21)22/h3-10,12,16H,11H2,1-2H3. The number of anilines is 1. The third-order valence-corrected chi connectivity index (χ3v) is 4.68. The van der Waals surface area contributed by atoms with E-state index in [1.807, 2.05) is 0 Å². The van der Waals surface area contributed by atoms with Crippen molar-refractivity contribution in [3.63, 3.8) is 0 Å². The van der Waals surface area contributed by atoms with Gasteiger partial charge in [-0.2, -0.15) is 0 Å². The summed E-state index contributed by atoms with van der Waals surface area (Å²) in [5.41, 5.74) is 1.25. The van der Waals surface area contributed by atoms with Gasteiger partial charge in [-0.05, 0) is 41.7 Å². The van der Waals surface area contributed by atoms with Crippen molar-refractivity contribution in [1.82, 2.24) is 0 Å². The first-order valence-corrected chi connectivity index (χ1v) is 7.95. The van der Waals surface area contributed by atoms with Crippen LogP contribution in [0.25, 0.3) is 0 Å². The first kappa shape index (κ1) is 17.3. The predicted molar refractivity (Wildman–Crippen MR) is 88.6 cm³/mol. The minimum absolute atomic E-state index is 0.0173. The molecule has 2 aromatic carbocycles. The number of hydrogen-bond acceptors (Lipinski definition) is 2. The van der Waals surface area contributed by atoms with Crippen LogP contribution in [0.2, 0.25) is 0 Å². The van der Waals surface area contributed by atoms with Gasteiger partial charge < -0.3 is 4.74 Å². The van der Waals surface area contributed by atoms with Gasteiger partial charge in [0, 0.05) is 5.92 Å². The van der Waals surface area contributed by atoms with Crippen molar-refractivity contribution in [1.29, 1.82) is 0 Å². The number of benzene rings is 2. The monoisotopic (exact) mass is 349 g/mol. The number of para-hydroxylation sites is 1. The highest BCUT2D eigenvalue weighted by Crippen LogP contribution is 2.42. The van der Waals surface area contributed by atoms with E-state index < -0.39 is 18.1 Å². The Bertz CT molecular complexity index is 771. The molecule has 0 fully saturated rings. The van der Waals surface area contributed by atoms with E-state index in [9.17, 15) is 18.0 Å². The molecule has 132 valence electrons. The lowest BCUT2D eigenvalue weighted by Crippen LogP contribution is -2.46. The van der Waals surface area contributed by atoms with Gasteiger partial charge in [0.1, 0.15) is 5.75 Å². The molecule has 2 aromatic rings. The lowest BCUT2D eigenvalue weighted by molar-refractivity contribution is -0.152. The summed E-state index contributed by atoms with van der Waals surface area (Å²) in [6.45, 7) is 1.56. The van der Waals surface area contributed by atoms with Gasteiger partial charge in [-0.3, -0.25) is 4.79 Å². The lowest BCUT2D eigenvalue weighted by Gasteiger charge is -2.27. The van der Waals surface area contributed by atoms with E-state index in [4.69, 9.17) is 4.74 Å². The first-order chi connectivity index (χ1) is 11.8. The second kappa shape index (κ2) is 6.43. The minimum atomic E-state index is -4.75. The van der Waals surface area contributed by atoms with Gasteiger partial charge in [-0.1, -0.05) is 37.3 Å². The van der Waals surface area contributed by atoms with Crippen molar-refractivity contribution >= 4 is 11.6 Å². The number of amides is 1. The van der Waals surface area contributed by atoms with E-state index in [0.717, 1.165) is 5.56 Å². The van der Waals surface area contributed by atoms with Crippen LogP contribution in [-0.2, 0) is 11.2 Å². The number of carbonyl (C=O) groups is 1. The van der Waals surface area contributed by atoms with Crippen molar-refractivity contribution in [2.24, 2.45) is 5.92 Å². The number of carbonyl (C=O) groups excluding carboxylic acids is 1. The molecule has 1 aliphatic heterocycles. The fraction of sp³-hybridized carbons (Fsp3) is 0.316. The van der Waals surface area contributed by atoms with E-state index in [0.29, 0.717) is 17.7 Å². The summed E-state index contributed by atoms with van der Waals surface area (Å²) in [4.78, 5) is 12.6. The maximum absolute atomic E-state index is 13.5. The van der Waals surface area contributed by atoms with Crippen LogP contribution < -0.4 is 9.64 Å². The Morgan fingerprint density at radius 3 is 2.32 bits per heavy atom. The highest BCUT2D eigenvalue weighted by molar-refractivity contribution is 5.97. The summed E-state index contributed by atoms with van der Waals surface area (Å²) in [7, 11) is 1.55. The summed E-state index contributed by atoms with van der Waals surface area (Å²) in [5, 5.41) is 0. The van der Waals surface area contributed by atoms with E-state index in [2.05, 4.69) is 0 Å². The Labute approximate surface area is 144 Å². The summed E-state index contributed by atoms with van der Waals surface area (Å²) in [5.74, 6) is -1.42. The van der Waals surface area contributed by atoms with Crippen molar-refractivity contribution in [2.75, 3.05) is 12.0 Å². The number of ether oxygens (including phenoxy) is 1. The van der Waals surface area contributed by atoms with Gasteiger partial charge in [-0.15, -0.1) is 13.2 Å². The second-order valence-corrected chi connectivity index (χ2v) is 6.14. The van der Waals surface area contributed by atoms with Crippen molar-refractivity contribution in [3.05, 3.63) is 59.7 Å². The van der Waals surface area contributed by atoms with Gasteiger partial charge in [0.05, 0.1) is 12.8 Å². The molecular weight excluding hydrogens is 331 g/mol. The van der Waals surface area contributed by atoms with Crippen LogP contribution in [0.3, 0.4) is 0 Å². The Hall–Kier alpha value is -2.50. The molecule has 2 atom stereocenters. The van der Waals surface area contributed by atoms with Crippen LogP contribution in [0.4, 0.5) is 18.9 Å². The van der Waals surface area contributed by atoms with Crippen molar-refractivity contribution < 1.29 is 22.7 Å². The van der Waals surface area contributed by atoms with Crippen LogP contribution in [0, 0.1) is 5.92 Å². The maximum atomic E-state index is 13.5. The smallest absolute Gasteiger partial charge is 0.491 e. The van der Waals surface area contributed by atoms with Crippen LogP contribution >= 0.6 is 0 Å². The maximum Gasteiger partial charge on any atom is 0.491 e. The largest absolute Gasteiger partial charge is 0.497 e. The molecule has 1 aliphatic rings. The molecule has 0 spiro atoms. The van der Waals surface area contributed by atoms with Gasteiger partial charge in [0.15, 0.2) is 0 Å². The van der Waals surface area contributed by atoms with Crippen LogP contribution in [0.1, 0.15) is 24.0 Å². The van der Waals surface area contributed by atoms with E-state index >= 15 is 0 Å². The number of halogens is 3. The SMILES string of the molecule is COc1ccc(C2Cc3ccccc3N(C(F)(F)F)C(=O)C2C)cc1. The zero-order chi connectivity index (χ0) is 18.2. The average Bonchev–Trinajstić information content (AvgIpc) is 2.70. The van der Waals surface area contributed by atoms with Crippen LogP contribution in [0.5, 0.6) is 5.75 Å². The summed E-state index contributed by atoms with van der Waals surface area (Å²) in [6.07, 6.45) is -4.39. The van der Waals surface area contributed by atoms with Gasteiger partial charge in [-0.25, -0.2) is 4.90 Å². The quantitative estimate of drug-likeness (QED) is 0.746. The molecular formula is C19H18F3NO2. The number of nitrogens with zero attached hydrogens (tertiary/aromatic N) is 1. The number of fused-ring (bicyclic) bond motifs is 1. The molecule has 6 heteroatoms. The fourth-order valence-corrected chi connectivity index (χ4v) is 3.33. The molecule has 25 heavy (non-hydrogen) atoms. The topological polar surface area (TPSA) is 29.5 Å². The number of methoxy groups -OCH3 is 1. The molecule has 3 nitrogen and oxygen atoms in total. The van der Waals surface area contributed by atoms with E-state index in [1.54, 1.807) is 50.4 Å². The molecule has 0 radical (unpaired) electrons. The molecule has 2 unspecified atom stereocenters. The highest BCUT2D eigenvalue weighted by Gasteiger charge is 2.47. The molecule has 1 amide bonds. The Morgan fingerprint density at radius 2 is 1.72 bits per heavy atom. The second-order valence-electron chi connectivity index (χ2n) is 6.14. The fourth-order valence-electron chi connectivity index (χ4n) is 3.33. The van der Waals surface area contributed by atoms with E-state index in [1.165, 1.54) is 12.1 Å². The van der Waals surface area contributed by atoms with Gasteiger partial charge >= 0.3 is 6.30 Å². The Morgan fingerprint density at radius 1 is 1.08 bits per heavy atom. The average molecular weight is 349 g/mol. The molecule has 0 N–H and O–H groups in total. The molecule has 0 aliphatic carbocycles. The van der Waals surface area contributed by atoms with Crippen molar-refractivity contribution in [2.45, 2.75) is 25.6 Å². The molecule has 0 aromatic heterocycles. The first-order valence-electron chi connectivity index (χ1n) is 7.95.